The van der Waals surface area contributed by atoms with Gasteiger partial charge in [-0.3, -0.25) is 0 Å². The number of aromatic nitrogens is 1. The van der Waals surface area contributed by atoms with Gasteiger partial charge in [-0.25, -0.2) is 14.8 Å². The van der Waals surface area contributed by atoms with Gasteiger partial charge in [0, 0.05) is 23.5 Å². The number of anilines is 1. The second kappa shape index (κ2) is 9.40. The second-order valence-corrected chi connectivity index (χ2v) is 7.36. The minimum absolute atomic E-state index is 0.0175. The summed E-state index contributed by atoms with van der Waals surface area (Å²) in [4.78, 5) is 16.0. The number of carbonyl (C=O) groups is 1. The van der Waals surface area contributed by atoms with Crippen LogP contribution in [-0.2, 0) is 6.18 Å². The first-order valence-electron chi connectivity index (χ1n) is 9.66. The van der Waals surface area contributed by atoms with E-state index in [4.69, 9.17) is 21.1 Å². The molecule has 2 aromatic carbocycles. The van der Waals surface area contributed by atoms with Gasteiger partial charge in [0.05, 0.1) is 17.5 Å². The molecule has 0 atom stereocenters. The van der Waals surface area contributed by atoms with Crippen molar-refractivity contribution < 1.29 is 27.4 Å². The number of rotatable bonds is 4. The quantitative estimate of drug-likeness (QED) is 0.397. The summed E-state index contributed by atoms with van der Waals surface area (Å²) in [5.74, 6) is 0.461. The van der Waals surface area contributed by atoms with E-state index in [0.29, 0.717) is 16.9 Å². The van der Waals surface area contributed by atoms with E-state index in [1.165, 1.54) is 41.7 Å². The molecule has 0 radical (unpaired) electrons. The van der Waals surface area contributed by atoms with Gasteiger partial charge < -0.3 is 9.47 Å². The Morgan fingerprint density at radius 1 is 0.971 bits per heavy atom. The molecule has 0 N–H and O–H groups in total. The molecule has 2 heterocycles. The van der Waals surface area contributed by atoms with Crippen molar-refractivity contribution in [3.63, 3.8) is 0 Å². The van der Waals surface area contributed by atoms with E-state index in [1.807, 2.05) is 13.0 Å². The molecular weight excluding hydrogens is 475 g/mol. The van der Waals surface area contributed by atoms with Crippen LogP contribution in [-0.4, -0.2) is 16.1 Å². The Bertz CT molecular complexity index is 1230. The van der Waals surface area contributed by atoms with Gasteiger partial charge in [0.25, 0.3) is 0 Å². The highest BCUT2D eigenvalue weighted by molar-refractivity contribution is 6.30. The number of aryl methyl sites for hydroxylation is 1. The Balaban J connectivity index is 1.34. The van der Waals surface area contributed by atoms with E-state index in [-0.39, 0.29) is 17.4 Å². The maximum atomic E-state index is 12.6. The summed E-state index contributed by atoms with van der Waals surface area (Å²) in [5.41, 5.74) is 0.744. The molecular formula is C22H15ClF3N5O3. The van der Waals surface area contributed by atoms with Crippen LogP contribution < -0.4 is 14.5 Å². The van der Waals surface area contributed by atoms with E-state index in [0.717, 1.165) is 22.7 Å². The molecule has 174 valence electrons. The number of hydrogen-bond acceptors (Lipinski definition) is 7. The van der Waals surface area contributed by atoms with E-state index < -0.39 is 17.8 Å². The van der Waals surface area contributed by atoms with Crippen molar-refractivity contribution >= 4 is 23.4 Å². The zero-order chi connectivity index (χ0) is 24.3. The van der Waals surface area contributed by atoms with Gasteiger partial charge in [0.1, 0.15) is 11.5 Å². The van der Waals surface area contributed by atoms with Crippen molar-refractivity contribution in [2.24, 2.45) is 10.4 Å². The van der Waals surface area contributed by atoms with Crippen LogP contribution in [0, 0.1) is 6.92 Å². The summed E-state index contributed by atoms with van der Waals surface area (Å²) in [6.07, 6.45) is -1.70. The molecule has 0 saturated heterocycles. The van der Waals surface area contributed by atoms with Gasteiger partial charge in [0.15, 0.2) is 0 Å². The smallest absolute Gasteiger partial charge is 0.439 e. The maximum Gasteiger partial charge on any atom is 0.441 e. The van der Waals surface area contributed by atoms with Crippen LogP contribution in [0.3, 0.4) is 0 Å². The molecule has 0 unspecified atom stereocenters. The molecule has 0 saturated carbocycles. The van der Waals surface area contributed by atoms with Gasteiger partial charge in [-0.15, -0.1) is 0 Å². The minimum Gasteiger partial charge on any atom is -0.439 e. The Morgan fingerprint density at radius 3 is 2.32 bits per heavy atom. The Labute approximate surface area is 196 Å². The van der Waals surface area contributed by atoms with Gasteiger partial charge in [-0.2, -0.15) is 18.2 Å². The summed E-state index contributed by atoms with van der Waals surface area (Å²) < 4.78 is 48.5. The zero-order valence-corrected chi connectivity index (χ0v) is 18.2. The van der Waals surface area contributed by atoms with Crippen molar-refractivity contribution in [1.82, 2.24) is 9.99 Å². The third-order valence-corrected chi connectivity index (χ3v) is 4.74. The highest BCUT2D eigenvalue weighted by Crippen LogP contribution is 2.30. The lowest BCUT2D eigenvalue weighted by Gasteiger charge is -2.21. The van der Waals surface area contributed by atoms with Gasteiger partial charge in [-0.05, 0) is 65.4 Å². The van der Waals surface area contributed by atoms with Crippen molar-refractivity contribution in [3.8, 4) is 17.4 Å². The van der Waals surface area contributed by atoms with Crippen molar-refractivity contribution in [3.05, 3.63) is 89.3 Å². The van der Waals surface area contributed by atoms with Crippen molar-refractivity contribution in [2.45, 2.75) is 13.1 Å². The largest absolute Gasteiger partial charge is 0.441 e. The molecule has 0 spiro atoms. The number of benzene rings is 2. The second-order valence-electron chi connectivity index (χ2n) is 6.92. The standard InChI is InChI=1S/C22H15ClF3N5O3/c1-14-2-4-16(23)12-19(14)30-10-11-31(29-28-30)21(32)34-18-7-5-17(6-8-18)33-20-9-3-15(13-27-20)22(24,25)26/h2-13H,1H3. The molecule has 12 heteroatoms. The van der Waals surface area contributed by atoms with E-state index in [1.54, 1.807) is 12.1 Å². The summed E-state index contributed by atoms with van der Waals surface area (Å²) in [6.45, 7) is 1.89. The Morgan fingerprint density at radius 2 is 1.71 bits per heavy atom. The molecule has 8 nitrogen and oxygen atoms in total. The summed E-state index contributed by atoms with van der Waals surface area (Å²) in [7, 11) is 0. The third kappa shape index (κ3) is 5.44. The van der Waals surface area contributed by atoms with E-state index >= 15 is 0 Å². The number of ether oxygens (including phenoxy) is 2. The van der Waals surface area contributed by atoms with Crippen LogP contribution in [0.2, 0.25) is 5.02 Å². The van der Waals surface area contributed by atoms with Gasteiger partial charge in [-0.1, -0.05) is 17.7 Å². The topological polar surface area (TPSA) is 79.6 Å². The number of halogens is 4. The summed E-state index contributed by atoms with van der Waals surface area (Å²) in [6, 6.07) is 13.1. The van der Waals surface area contributed by atoms with E-state index in [9.17, 15) is 18.0 Å². The molecule has 0 bridgehead atoms. The molecule has 4 rings (SSSR count). The molecule has 0 aliphatic carbocycles. The monoisotopic (exact) mass is 489 g/mol. The lowest BCUT2D eigenvalue weighted by Crippen LogP contribution is -2.27. The number of hydrogen-bond donors (Lipinski definition) is 0. The SMILES string of the molecule is Cc1ccc(Cl)cc1N1C=CN(C(=O)Oc2ccc(Oc3ccc(C(F)(F)F)cn3)cc2)N=N1. The fraction of sp³-hybridized carbons (Fsp3) is 0.0909. The number of nitrogens with zero attached hydrogens (tertiary/aromatic N) is 5. The van der Waals surface area contributed by atoms with Crippen molar-refractivity contribution in [2.75, 3.05) is 5.01 Å². The molecule has 34 heavy (non-hydrogen) atoms. The zero-order valence-electron chi connectivity index (χ0n) is 17.4. The summed E-state index contributed by atoms with van der Waals surface area (Å²) >= 11 is 6.02. The highest BCUT2D eigenvalue weighted by atomic mass is 35.5. The highest BCUT2D eigenvalue weighted by Gasteiger charge is 2.30. The summed E-state index contributed by atoms with van der Waals surface area (Å²) in [5, 5.41) is 10.7. The van der Waals surface area contributed by atoms with Crippen LogP contribution in [0.15, 0.2) is 83.6 Å². The van der Waals surface area contributed by atoms with Crippen LogP contribution in [0.25, 0.3) is 0 Å². The Hall–Kier alpha value is -4.12. The molecule has 1 aliphatic heterocycles. The molecule has 1 aliphatic rings. The molecule has 3 aromatic rings. The predicted octanol–water partition coefficient (Wildman–Crippen LogP) is 6.93. The first-order chi connectivity index (χ1) is 16.2. The fourth-order valence-corrected chi connectivity index (χ4v) is 2.95. The average Bonchev–Trinajstić information content (AvgIpc) is 2.82. The predicted molar refractivity (Wildman–Crippen MR) is 116 cm³/mol. The first-order valence-corrected chi connectivity index (χ1v) is 10.0. The Kier molecular flexibility index (Phi) is 6.37. The molecule has 1 amide bonds. The average molecular weight is 490 g/mol. The number of amides is 1. The van der Waals surface area contributed by atoms with Crippen molar-refractivity contribution in [1.29, 1.82) is 0 Å². The molecule has 1 aromatic heterocycles. The number of pyridine rings is 1. The van der Waals surface area contributed by atoms with Crippen LogP contribution in [0.1, 0.15) is 11.1 Å². The van der Waals surface area contributed by atoms with Crippen LogP contribution >= 0.6 is 11.6 Å². The van der Waals surface area contributed by atoms with Crippen LogP contribution in [0.4, 0.5) is 23.7 Å². The maximum absolute atomic E-state index is 12.6. The fourth-order valence-electron chi connectivity index (χ4n) is 2.78. The van der Waals surface area contributed by atoms with E-state index in [2.05, 4.69) is 15.4 Å². The lowest BCUT2D eigenvalue weighted by atomic mass is 10.2. The number of alkyl halides is 3. The lowest BCUT2D eigenvalue weighted by molar-refractivity contribution is -0.137. The van der Waals surface area contributed by atoms with Gasteiger partial charge in [0.2, 0.25) is 5.88 Å². The third-order valence-electron chi connectivity index (χ3n) is 4.50. The van der Waals surface area contributed by atoms with Crippen LogP contribution in [0.5, 0.6) is 17.4 Å². The van der Waals surface area contributed by atoms with Gasteiger partial charge >= 0.3 is 12.3 Å². The molecule has 0 fully saturated rings. The normalized spacial score (nSPS) is 13.2. The first kappa shape index (κ1) is 23.1. The minimum atomic E-state index is -4.48. The number of carbonyl (C=O) groups excluding carboxylic acids is 1.